The van der Waals surface area contributed by atoms with Crippen molar-refractivity contribution >= 4 is 0 Å². The Morgan fingerprint density at radius 3 is 2.60 bits per heavy atom. The maximum Gasteiger partial charge on any atom is 0.181 e. The highest BCUT2D eigenvalue weighted by molar-refractivity contribution is 5.08. The summed E-state index contributed by atoms with van der Waals surface area (Å²) in [7, 11) is 0. The Kier molecular flexibility index (Phi) is 3.91. The summed E-state index contributed by atoms with van der Waals surface area (Å²) in [6, 6.07) is 0. The molecule has 0 radical (unpaired) electrons. The Labute approximate surface area is 92.3 Å². The second-order valence-corrected chi connectivity index (χ2v) is 5.42. The van der Waals surface area contributed by atoms with E-state index in [4.69, 9.17) is 4.42 Å². The second kappa shape index (κ2) is 4.79. The molecule has 0 saturated carbocycles. The molecule has 1 heterocycles. The van der Waals surface area contributed by atoms with Gasteiger partial charge in [-0.25, -0.2) is 4.98 Å². The van der Waals surface area contributed by atoms with Crippen molar-refractivity contribution < 1.29 is 4.42 Å². The van der Waals surface area contributed by atoms with Gasteiger partial charge in [-0.3, -0.25) is 0 Å². The van der Waals surface area contributed by atoms with Crippen LogP contribution in [0.3, 0.4) is 0 Å². The van der Waals surface area contributed by atoms with Crippen LogP contribution in [-0.4, -0.2) is 10.5 Å². The van der Waals surface area contributed by atoms with Gasteiger partial charge in [0.15, 0.2) is 6.39 Å². The highest BCUT2D eigenvalue weighted by atomic mass is 16.3. The highest BCUT2D eigenvalue weighted by Gasteiger charge is 2.13. The zero-order chi connectivity index (χ0) is 11.5. The van der Waals surface area contributed by atoms with Crippen molar-refractivity contribution in [2.24, 2.45) is 5.92 Å². The first-order valence-electron chi connectivity index (χ1n) is 5.55. The molecule has 1 aromatic heterocycles. The van der Waals surface area contributed by atoms with Gasteiger partial charge in [0.05, 0.1) is 5.69 Å². The number of nitrogens with zero attached hydrogens (tertiary/aromatic N) is 1. The molecular weight excluding hydrogens is 188 g/mol. The third-order valence-electron chi connectivity index (χ3n) is 2.11. The van der Waals surface area contributed by atoms with Gasteiger partial charge in [0.25, 0.3) is 0 Å². The Morgan fingerprint density at radius 2 is 2.07 bits per heavy atom. The minimum absolute atomic E-state index is 0.119. The SMILES string of the molecule is CC(C)Cc1ocnc1CNC(C)(C)C. The van der Waals surface area contributed by atoms with Gasteiger partial charge in [-0.2, -0.15) is 0 Å². The lowest BCUT2D eigenvalue weighted by molar-refractivity contribution is 0.414. The summed E-state index contributed by atoms with van der Waals surface area (Å²) in [5.74, 6) is 1.62. The van der Waals surface area contributed by atoms with Crippen LogP contribution in [0.2, 0.25) is 0 Å². The van der Waals surface area contributed by atoms with Crippen molar-refractivity contribution in [3.63, 3.8) is 0 Å². The standard InChI is InChI=1S/C12H22N2O/c1-9(2)6-11-10(13-8-15-11)7-14-12(3,4)5/h8-9,14H,6-7H2,1-5H3. The van der Waals surface area contributed by atoms with E-state index < -0.39 is 0 Å². The first kappa shape index (κ1) is 12.2. The molecule has 0 saturated heterocycles. The lowest BCUT2D eigenvalue weighted by atomic mass is 10.1. The first-order chi connectivity index (χ1) is 6.88. The normalized spacial score (nSPS) is 12.4. The maximum atomic E-state index is 5.39. The van der Waals surface area contributed by atoms with Gasteiger partial charge in [-0.05, 0) is 26.7 Å². The van der Waals surface area contributed by atoms with Crippen LogP contribution in [-0.2, 0) is 13.0 Å². The molecule has 0 aromatic carbocycles. The van der Waals surface area contributed by atoms with Crippen molar-refractivity contribution in [1.29, 1.82) is 0 Å². The molecule has 0 atom stereocenters. The molecule has 86 valence electrons. The van der Waals surface area contributed by atoms with Crippen LogP contribution in [0.1, 0.15) is 46.1 Å². The zero-order valence-electron chi connectivity index (χ0n) is 10.4. The summed E-state index contributed by atoms with van der Waals surface area (Å²) in [4.78, 5) is 4.24. The summed E-state index contributed by atoms with van der Waals surface area (Å²) in [6.45, 7) is 11.6. The van der Waals surface area contributed by atoms with E-state index in [0.29, 0.717) is 5.92 Å². The van der Waals surface area contributed by atoms with Gasteiger partial charge in [0.2, 0.25) is 0 Å². The van der Waals surface area contributed by atoms with Crippen molar-refractivity contribution in [3.05, 3.63) is 17.8 Å². The number of rotatable bonds is 4. The average Bonchev–Trinajstić information content (AvgIpc) is 2.46. The Balaban J connectivity index is 2.57. The van der Waals surface area contributed by atoms with E-state index in [-0.39, 0.29) is 5.54 Å². The predicted octanol–water partition coefficient (Wildman–Crippen LogP) is 2.76. The van der Waals surface area contributed by atoms with E-state index in [1.54, 1.807) is 0 Å². The Bertz CT molecular complexity index is 297. The molecule has 0 aliphatic rings. The molecule has 3 heteroatoms. The van der Waals surface area contributed by atoms with Crippen LogP contribution in [0.4, 0.5) is 0 Å². The molecule has 0 amide bonds. The van der Waals surface area contributed by atoms with Gasteiger partial charge in [0.1, 0.15) is 5.76 Å². The number of hydrogen-bond acceptors (Lipinski definition) is 3. The van der Waals surface area contributed by atoms with Crippen LogP contribution in [0, 0.1) is 5.92 Å². The van der Waals surface area contributed by atoms with Crippen LogP contribution in [0.25, 0.3) is 0 Å². The molecule has 15 heavy (non-hydrogen) atoms. The molecule has 0 spiro atoms. The fraction of sp³-hybridized carbons (Fsp3) is 0.750. The van der Waals surface area contributed by atoms with E-state index in [1.165, 1.54) is 6.39 Å². The van der Waals surface area contributed by atoms with Crippen molar-refractivity contribution in [2.75, 3.05) is 0 Å². The highest BCUT2D eigenvalue weighted by Crippen LogP contribution is 2.13. The third kappa shape index (κ3) is 4.47. The summed E-state index contributed by atoms with van der Waals surface area (Å²) >= 11 is 0. The molecule has 0 aliphatic carbocycles. The Hall–Kier alpha value is -0.830. The van der Waals surface area contributed by atoms with E-state index >= 15 is 0 Å². The first-order valence-corrected chi connectivity index (χ1v) is 5.55. The summed E-state index contributed by atoms with van der Waals surface area (Å²) in [5.41, 5.74) is 1.16. The van der Waals surface area contributed by atoms with Gasteiger partial charge in [-0.15, -0.1) is 0 Å². The predicted molar refractivity (Wildman–Crippen MR) is 61.6 cm³/mol. The molecule has 0 fully saturated rings. The fourth-order valence-corrected chi connectivity index (χ4v) is 1.32. The van der Waals surface area contributed by atoms with Crippen LogP contribution in [0.5, 0.6) is 0 Å². The van der Waals surface area contributed by atoms with Gasteiger partial charge >= 0.3 is 0 Å². The zero-order valence-corrected chi connectivity index (χ0v) is 10.4. The summed E-state index contributed by atoms with van der Waals surface area (Å²) < 4.78 is 5.39. The number of hydrogen-bond donors (Lipinski definition) is 1. The quantitative estimate of drug-likeness (QED) is 0.830. The Morgan fingerprint density at radius 1 is 1.40 bits per heavy atom. The monoisotopic (exact) mass is 210 g/mol. The summed E-state index contributed by atoms with van der Waals surface area (Å²) in [5, 5.41) is 3.42. The molecule has 0 bridgehead atoms. The van der Waals surface area contributed by atoms with Gasteiger partial charge < -0.3 is 9.73 Å². The molecule has 1 aromatic rings. The van der Waals surface area contributed by atoms with Crippen molar-refractivity contribution in [3.8, 4) is 0 Å². The van der Waals surface area contributed by atoms with E-state index in [2.05, 4.69) is 44.9 Å². The third-order valence-corrected chi connectivity index (χ3v) is 2.11. The van der Waals surface area contributed by atoms with Gasteiger partial charge in [0, 0.05) is 18.5 Å². The molecule has 0 aliphatic heterocycles. The molecule has 3 nitrogen and oxygen atoms in total. The second-order valence-electron chi connectivity index (χ2n) is 5.42. The van der Waals surface area contributed by atoms with Gasteiger partial charge in [-0.1, -0.05) is 13.8 Å². The number of aromatic nitrogens is 1. The van der Waals surface area contributed by atoms with E-state index in [0.717, 1.165) is 24.4 Å². The van der Waals surface area contributed by atoms with Crippen molar-refractivity contribution in [2.45, 2.75) is 53.1 Å². The molecule has 1 N–H and O–H groups in total. The minimum atomic E-state index is 0.119. The van der Waals surface area contributed by atoms with E-state index in [1.807, 2.05) is 0 Å². The van der Waals surface area contributed by atoms with Crippen LogP contribution in [0.15, 0.2) is 10.8 Å². The minimum Gasteiger partial charge on any atom is -0.448 e. The lowest BCUT2D eigenvalue weighted by Crippen LogP contribution is -2.35. The van der Waals surface area contributed by atoms with Crippen LogP contribution >= 0.6 is 0 Å². The number of nitrogens with one attached hydrogen (secondary N) is 1. The largest absolute Gasteiger partial charge is 0.448 e. The molecule has 1 rings (SSSR count). The topological polar surface area (TPSA) is 38.1 Å². The lowest BCUT2D eigenvalue weighted by Gasteiger charge is -2.19. The molecular formula is C12H22N2O. The maximum absolute atomic E-state index is 5.39. The van der Waals surface area contributed by atoms with E-state index in [9.17, 15) is 0 Å². The van der Waals surface area contributed by atoms with Crippen molar-refractivity contribution in [1.82, 2.24) is 10.3 Å². The smallest absolute Gasteiger partial charge is 0.181 e. The average molecular weight is 210 g/mol. The fourth-order valence-electron chi connectivity index (χ4n) is 1.32. The summed E-state index contributed by atoms with van der Waals surface area (Å²) in [6.07, 6.45) is 2.50. The number of oxazole rings is 1. The molecule has 0 unspecified atom stereocenters. The van der Waals surface area contributed by atoms with Crippen LogP contribution < -0.4 is 5.32 Å².